The number of guanidine groups is 1. The van der Waals surface area contributed by atoms with Crippen molar-refractivity contribution in [1.82, 2.24) is 15.6 Å². The van der Waals surface area contributed by atoms with Crippen LogP contribution in [-0.4, -0.2) is 51.5 Å². The zero-order valence-corrected chi connectivity index (χ0v) is 16.7. The number of aliphatic imine (C=N–C) groups is 1. The Labute approximate surface area is 154 Å². The molecule has 0 saturated carbocycles. The Bertz CT molecular complexity index is 415. The highest BCUT2D eigenvalue weighted by Gasteiger charge is 2.02. The van der Waals surface area contributed by atoms with E-state index in [0.29, 0.717) is 19.8 Å². The summed E-state index contributed by atoms with van der Waals surface area (Å²) in [6.07, 6.45) is 3.91. The fourth-order valence-electron chi connectivity index (χ4n) is 1.60. The number of halogens is 1. The molecule has 1 aromatic rings. The molecule has 0 spiro atoms. The zero-order valence-electron chi connectivity index (χ0n) is 13.6. The molecule has 0 aliphatic rings. The van der Waals surface area contributed by atoms with Gasteiger partial charge >= 0.3 is 0 Å². The van der Waals surface area contributed by atoms with Gasteiger partial charge in [-0.15, -0.1) is 35.3 Å². The lowest BCUT2D eigenvalue weighted by molar-refractivity contribution is 0.0698. The number of nitrogens with one attached hydrogen (secondary N) is 2. The van der Waals surface area contributed by atoms with Crippen LogP contribution < -0.4 is 10.6 Å². The molecule has 0 radical (unpaired) electrons. The highest BCUT2D eigenvalue weighted by atomic mass is 127. The second kappa shape index (κ2) is 14.2. The minimum atomic E-state index is 0. The van der Waals surface area contributed by atoms with Crippen LogP contribution >= 0.6 is 35.3 Å². The van der Waals surface area contributed by atoms with Gasteiger partial charge in [0, 0.05) is 38.4 Å². The van der Waals surface area contributed by atoms with Gasteiger partial charge in [0.25, 0.3) is 0 Å². The van der Waals surface area contributed by atoms with Crippen molar-refractivity contribution >= 4 is 41.3 Å². The number of aryl methyl sites for hydroxylation is 1. The van der Waals surface area contributed by atoms with E-state index in [0.717, 1.165) is 37.0 Å². The van der Waals surface area contributed by atoms with E-state index >= 15 is 0 Å². The normalized spacial score (nSPS) is 11.1. The number of methoxy groups -OCH3 is 1. The van der Waals surface area contributed by atoms with Crippen molar-refractivity contribution in [2.45, 2.75) is 26.3 Å². The molecular weight excluding hydrogens is 415 g/mol. The first kappa shape index (κ1) is 21.6. The Balaban J connectivity index is 0.00000441. The van der Waals surface area contributed by atoms with E-state index in [9.17, 15) is 0 Å². The fraction of sp³-hybridized carbons (Fsp3) is 0.714. The molecular formula is C14H27IN4O2S. The maximum absolute atomic E-state index is 5.40. The Morgan fingerprint density at radius 1 is 1.32 bits per heavy atom. The van der Waals surface area contributed by atoms with Gasteiger partial charge in [-0.3, -0.25) is 4.99 Å². The summed E-state index contributed by atoms with van der Waals surface area (Å²) in [7, 11) is 3.44. The highest BCUT2D eigenvalue weighted by molar-refractivity contribution is 14.0. The second-order valence-corrected chi connectivity index (χ2v) is 5.58. The van der Waals surface area contributed by atoms with Gasteiger partial charge in [-0.1, -0.05) is 6.92 Å². The monoisotopic (exact) mass is 442 g/mol. The van der Waals surface area contributed by atoms with Gasteiger partial charge in [0.05, 0.1) is 19.8 Å². The van der Waals surface area contributed by atoms with Crippen molar-refractivity contribution in [1.29, 1.82) is 0 Å². The molecule has 22 heavy (non-hydrogen) atoms. The molecule has 2 N–H and O–H groups in total. The molecule has 8 heteroatoms. The third-order valence-electron chi connectivity index (χ3n) is 2.77. The largest absolute Gasteiger partial charge is 0.382 e. The maximum Gasteiger partial charge on any atom is 0.191 e. The summed E-state index contributed by atoms with van der Waals surface area (Å²) in [5, 5.41) is 7.60. The van der Waals surface area contributed by atoms with Crippen LogP contribution in [0.3, 0.4) is 0 Å². The molecule has 0 amide bonds. The molecule has 0 atom stereocenters. The minimum Gasteiger partial charge on any atom is -0.382 e. The van der Waals surface area contributed by atoms with Crippen LogP contribution in [0.1, 0.15) is 23.2 Å². The Morgan fingerprint density at radius 3 is 2.77 bits per heavy atom. The molecule has 0 aliphatic heterocycles. The van der Waals surface area contributed by atoms with Crippen molar-refractivity contribution in [2.24, 2.45) is 4.99 Å². The van der Waals surface area contributed by atoms with Crippen LogP contribution in [0.2, 0.25) is 0 Å². The molecule has 6 nitrogen and oxygen atoms in total. The number of hydrogen-bond acceptors (Lipinski definition) is 5. The molecule has 0 unspecified atom stereocenters. The lowest BCUT2D eigenvalue weighted by Crippen LogP contribution is -2.37. The van der Waals surface area contributed by atoms with Crippen LogP contribution in [0, 0.1) is 0 Å². The number of aromatic nitrogens is 1. The van der Waals surface area contributed by atoms with Crippen molar-refractivity contribution in [3.63, 3.8) is 0 Å². The van der Waals surface area contributed by atoms with Crippen molar-refractivity contribution in [3.05, 3.63) is 16.1 Å². The summed E-state index contributed by atoms with van der Waals surface area (Å²) in [6, 6.07) is 0. The lowest BCUT2D eigenvalue weighted by Gasteiger charge is -2.10. The van der Waals surface area contributed by atoms with Crippen LogP contribution in [-0.2, 0) is 22.4 Å². The van der Waals surface area contributed by atoms with E-state index in [1.165, 1.54) is 4.88 Å². The van der Waals surface area contributed by atoms with Gasteiger partial charge in [-0.25, -0.2) is 4.98 Å². The standard InChI is InChI=1S/C14H26N4O2S.HI/c1-4-12-10-17-13(21-12)11-18-14(15-2)16-6-5-7-20-9-8-19-3;/h10H,4-9,11H2,1-3H3,(H2,15,16,18);1H. The molecule has 0 bridgehead atoms. The number of hydrogen-bond donors (Lipinski definition) is 2. The fourth-order valence-corrected chi connectivity index (χ4v) is 2.40. The van der Waals surface area contributed by atoms with E-state index in [-0.39, 0.29) is 24.0 Å². The van der Waals surface area contributed by atoms with Gasteiger partial charge in [0.15, 0.2) is 5.96 Å². The molecule has 0 saturated heterocycles. The van der Waals surface area contributed by atoms with Crippen molar-refractivity contribution in [2.75, 3.05) is 40.5 Å². The number of rotatable bonds is 10. The predicted molar refractivity (Wildman–Crippen MR) is 102 cm³/mol. The first-order chi connectivity index (χ1) is 10.3. The van der Waals surface area contributed by atoms with E-state index in [1.54, 1.807) is 25.5 Å². The smallest absolute Gasteiger partial charge is 0.191 e. The number of thiazole rings is 1. The number of ether oxygens (including phenoxy) is 2. The quantitative estimate of drug-likeness (QED) is 0.251. The molecule has 1 aromatic heterocycles. The van der Waals surface area contributed by atoms with Gasteiger partial charge < -0.3 is 20.1 Å². The minimum absolute atomic E-state index is 0. The lowest BCUT2D eigenvalue weighted by atomic mass is 10.4. The summed E-state index contributed by atoms with van der Waals surface area (Å²) in [4.78, 5) is 9.87. The third-order valence-corrected chi connectivity index (χ3v) is 3.91. The van der Waals surface area contributed by atoms with Crippen molar-refractivity contribution in [3.8, 4) is 0 Å². The molecule has 0 aliphatic carbocycles. The SMILES string of the molecule is CCc1cnc(CNC(=NC)NCCCOCCOC)s1.I. The Hall–Kier alpha value is -0.450. The summed E-state index contributed by atoms with van der Waals surface area (Å²) < 4.78 is 10.3. The second-order valence-electron chi connectivity index (χ2n) is 4.39. The highest BCUT2D eigenvalue weighted by Crippen LogP contribution is 2.12. The van der Waals surface area contributed by atoms with E-state index in [4.69, 9.17) is 9.47 Å². The summed E-state index contributed by atoms with van der Waals surface area (Å²) in [5.41, 5.74) is 0. The molecule has 1 heterocycles. The molecule has 1 rings (SSSR count). The predicted octanol–water partition coefficient (Wildman–Crippen LogP) is 2.04. The van der Waals surface area contributed by atoms with Gasteiger partial charge in [-0.05, 0) is 12.8 Å². The van der Waals surface area contributed by atoms with Crippen LogP contribution in [0.4, 0.5) is 0 Å². The zero-order chi connectivity index (χ0) is 15.3. The van der Waals surface area contributed by atoms with Crippen molar-refractivity contribution < 1.29 is 9.47 Å². The summed E-state index contributed by atoms with van der Waals surface area (Å²) in [5.74, 6) is 0.792. The molecule has 128 valence electrons. The van der Waals surface area contributed by atoms with Crippen LogP contribution in [0.15, 0.2) is 11.2 Å². The maximum atomic E-state index is 5.40. The van der Waals surface area contributed by atoms with Crippen LogP contribution in [0.5, 0.6) is 0 Å². The Kier molecular flexibility index (Phi) is 13.9. The molecule has 0 fully saturated rings. The van der Waals surface area contributed by atoms with E-state index in [2.05, 4.69) is 27.5 Å². The first-order valence-corrected chi connectivity index (χ1v) is 8.06. The third kappa shape index (κ3) is 9.54. The topological polar surface area (TPSA) is 67.8 Å². The summed E-state index contributed by atoms with van der Waals surface area (Å²) >= 11 is 1.74. The first-order valence-electron chi connectivity index (χ1n) is 7.25. The average molecular weight is 442 g/mol. The van der Waals surface area contributed by atoms with E-state index in [1.807, 2.05) is 6.20 Å². The van der Waals surface area contributed by atoms with Gasteiger partial charge in [-0.2, -0.15) is 0 Å². The summed E-state index contributed by atoms with van der Waals surface area (Å²) in [6.45, 7) is 5.68. The molecule has 0 aromatic carbocycles. The van der Waals surface area contributed by atoms with E-state index < -0.39 is 0 Å². The number of nitrogens with zero attached hydrogens (tertiary/aromatic N) is 2. The van der Waals surface area contributed by atoms with Crippen LogP contribution in [0.25, 0.3) is 0 Å². The Morgan fingerprint density at radius 2 is 2.14 bits per heavy atom. The van der Waals surface area contributed by atoms with Gasteiger partial charge in [0.2, 0.25) is 0 Å². The van der Waals surface area contributed by atoms with Gasteiger partial charge in [0.1, 0.15) is 5.01 Å². The average Bonchev–Trinajstić information content (AvgIpc) is 2.97.